The van der Waals surface area contributed by atoms with Gasteiger partial charge in [0.1, 0.15) is 0 Å². The molecule has 2 aliphatic heterocycles. The number of halogens is 1. The van der Waals surface area contributed by atoms with E-state index >= 15 is 0 Å². The normalized spacial score (nSPS) is 19.5. The molecule has 2 heterocycles. The van der Waals surface area contributed by atoms with Crippen LogP contribution in [0.25, 0.3) is 0 Å². The molecule has 4 rings (SSSR count). The number of β-amino-alcohol motifs (C(OH)–C–C–N with tert-alkyl or cyclic N) is 1. The molecule has 0 fully saturated rings. The molecule has 26 heavy (non-hydrogen) atoms. The lowest BCUT2D eigenvalue weighted by atomic mass is 10.00. The number of nitrogens with zero attached hydrogens (tertiary/aromatic N) is 2. The van der Waals surface area contributed by atoms with Crippen LogP contribution in [0.2, 0.25) is 5.02 Å². The highest BCUT2D eigenvalue weighted by molar-refractivity contribution is 6.30. The standard InChI is InChI=1S/C22H27ClN2O/c23-21-8-7-20-14-24(10-3-6-18(20)12-21)15-22(26)16-25-11-9-17-4-1-2-5-19(17)13-25/h1-2,4-5,7-8,12,22,26H,3,6,9-11,13-16H2. The molecule has 0 saturated carbocycles. The van der Waals surface area contributed by atoms with Crippen LogP contribution in [0.1, 0.15) is 28.7 Å². The molecule has 138 valence electrons. The lowest BCUT2D eigenvalue weighted by Crippen LogP contribution is -2.42. The van der Waals surface area contributed by atoms with E-state index in [0.717, 1.165) is 63.6 Å². The predicted octanol–water partition coefficient (Wildman–Crippen LogP) is 3.51. The van der Waals surface area contributed by atoms with Crippen LogP contribution >= 0.6 is 11.6 Å². The second-order valence-corrected chi connectivity index (χ2v) is 8.10. The van der Waals surface area contributed by atoms with Gasteiger partial charge in [0.25, 0.3) is 0 Å². The third-order valence-corrected chi connectivity index (χ3v) is 5.87. The Hall–Kier alpha value is -1.39. The number of hydrogen-bond acceptors (Lipinski definition) is 3. The van der Waals surface area contributed by atoms with E-state index in [0.29, 0.717) is 0 Å². The second-order valence-electron chi connectivity index (χ2n) is 7.66. The van der Waals surface area contributed by atoms with Gasteiger partial charge >= 0.3 is 0 Å². The molecule has 1 unspecified atom stereocenters. The van der Waals surface area contributed by atoms with E-state index in [1.807, 2.05) is 6.07 Å². The Labute approximate surface area is 161 Å². The van der Waals surface area contributed by atoms with Crippen molar-refractivity contribution in [2.75, 3.05) is 26.2 Å². The molecule has 1 N–H and O–H groups in total. The molecule has 0 bridgehead atoms. The molecule has 0 spiro atoms. The fourth-order valence-electron chi connectivity index (χ4n) is 4.31. The SMILES string of the molecule is OC(CN1CCCc2cc(Cl)ccc2C1)CN1CCc2ccccc2C1. The lowest BCUT2D eigenvalue weighted by Gasteiger charge is -2.32. The van der Waals surface area contributed by atoms with Crippen molar-refractivity contribution in [2.24, 2.45) is 0 Å². The van der Waals surface area contributed by atoms with Crippen molar-refractivity contribution in [1.82, 2.24) is 9.80 Å². The highest BCUT2D eigenvalue weighted by atomic mass is 35.5. The van der Waals surface area contributed by atoms with Crippen LogP contribution in [0.15, 0.2) is 42.5 Å². The fourth-order valence-corrected chi connectivity index (χ4v) is 4.51. The van der Waals surface area contributed by atoms with Crippen molar-refractivity contribution in [2.45, 2.75) is 38.5 Å². The second kappa shape index (κ2) is 8.10. The molecule has 0 amide bonds. The first-order valence-electron chi connectivity index (χ1n) is 9.64. The van der Waals surface area contributed by atoms with Gasteiger partial charge in [-0.2, -0.15) is 0 Å². The number of hydrogen-bond donors (Lipinski definition) is 1. The summed E-state index contributed by atoms with van der Waals surface area (Å²) in [6.07, 6.45) is 2.97. The quantitative estimate of drug-likeness (QED) is 0.892. The topological polar surface area (TPSA) is 26.7 Å². The van der Waals surface area contributed by atoms with E-state index in [4.69, 9.17) is 11.6 Å². The van der Waals surface area contributed by atoms with Gasteiger partial charge in [-0.05, 0) is 60.2 Å². The first-order chi connectivity index (χ1) is 12.7. The highest BCUT2D eigenvalue weighted by Crippen LogP contribution is 2.23. The van der Waals surface area contributed by atoms with E-state index in [2.05, 4.69) is 46.2 Å². The minimum atomic E-state index is -0.311. The fraction of sp³-hybridized carbons (Fsp3) is 0.455. The van der Waals surface area contributed by atoms with E-state index < -0.39 is 0 Å². The zero-order valence-corrected chi connectivity index (χ0v) is 16.0. The molecule has 0 aromatic heterocycles. The molecular formula is C22H27ClN2O. The van der Waals surface area contributed by atoms with Gasteiger partial charge in [-0.15, -0.1) is 0 Å². The molecular weight excluding hydrogens is 344 g/mol. The summed E-state index contributed by atoms with van der Waals surface area (Å²) >= 11 is 6.14. The van der Waals surface area contributed by atoms with Crippen molar-refractivity contribution < 1.29 is 5.11 Å². The Morgan fingerprint density at radius 3 is 2.35 bits per heavy atom. The third kappa shape index (κ3) is 4.29. The number of aliphatic hydroxyl groups is 1. The van der Waals surface area contributed by atoms with Gasteiger partial charge in [0, 0.05) is 37.7 Å². The van der Waals surface area contributed by atoms with Gasteiger partial charge in [0.05, 0.1) is 6.10 Å². The summed E-state index contributed by atoms with van der Waals surface area (Å²) in [5.74, 6) is 0. The summed E-state index contributed by atoms with van der Waals surface area (Å²) < 4.78 is 0. The maximum Gasteiger partial charge on any atom is 0.0794 e. The first-order valence-corrected chi connectivity index (χ1v) is 10.0. The molecule has 3 nitrogen and oxygen atoms in total. The lowest BCUT2D eigenvalue weighted by molar-refractivity contribution is 0.0671. The number of rotatable bonds is 4. The maximum absolute atomic E-state index is 10.7. The van der Waals surface area contributed by atoms with Gasteiger partial charge in [-0.3, -0.25) is 9.80 Å². The van der Waals surface area contributed by atoms with Crippen LogP contribution in [0.4, 0.5) is 0 Å². The summed E-state index contributed by atoms with van der Waals surface area (Å²) in [6.45, 7) is 5.42. The first kappa shape index (κ1) is 18.0. The molecule has 0 saturated heterocycles. The summed E-state index contributed by atoms with van der Waals surface area (Å²) in [7, 11) is 0. The molecule has 2 aromatic carbocycles. The minimum Gasteiger partial charge on any atom is -0.390 e. The summed E-state index contributed by atoms with van der Waals surface area (Å²) in [4.78, 5) is 4.78. The molecule has 2 aliphatic rings. The van der Waals surface area contributed by atoms with Gasteiger partial charge < -0.3 is 5.11 Å². The summed E-state index contributed by atoms with van der Waals surface area (Å²) in [5, 5.41) is 11.5. The minimum absolute atomic E-state index is 0.311. The number of fused-ring (bicyclic) bond motifs is 2. The van der Waals surface area contributed by atoms with Crippen molar-refractivity contribution >= 4 is 11.6 Å². The Morgan fingerprint density at radius 1 is 0.846 bits per heavy atom. The third-order valence-electron chi connectivity index (χ3n) is 5.63. The van der Waals surface area contributed by atoms with Crippen LogP contribution < -0.4 is 0 Å². The zero-order valence-electron chi connectivity index (χ0n) is 15.2. The number of aryl methyl sites for hydroxylation is 1. The molecule has 0 radical (unpaired) electrons. The van der Waals surface area contributed by atoms with Gasteiger partial charge in [0.15, 0.2) is 0 Å². The predicted molar refractivity (Wildman–Crippen MR) is 106 cm³/mol. The number of benzene rings is 2. The monoisotopic (exact) mass is 370 g/mol. The van der Waals surface area contributed by atoms with Gasteiger partial charge in [-0.25, -0.2) is 0 Å². The number of aliphatic hydroxyl groups excluding tert-OH is 1. The molecule has 2 aromatic rings. The van der Waals surface area contributed by atoms with Crippen molar-refractivity contribution in [3.63, 3.8) is 0 Å². The van der Waals surface area contributed by atoms with E-state index in [-0.39, 0.29) is 6.10 Å². The molecule has 1 atom stereocenters. The van der Waals surface area contributed by atoms with Crippen LogP contribution in [-0.4, -0.2) is 47.2 Å². The Balaban J connectivity index is 1.33. The molecule has 0 aliphatic carbocycles. The smallest absolute Gasteiger partial charge is 0.0794 e. The Morgan fingerprint density at radius 2 is 1.54 bits per heavy atom. The van der Waals surface area contributed by atoms with E-state index in [1.165, 1.54) is 22.3 Å². The van der Waals surface area contributed by atoms with E-state index in [1.54, 1.807) is 0 Å². The molecule has 4 heteroatoms. The highest BCUT2D eigenvalue weighted by Gasteiger charge is 2.21. The van der Waals surface area contributed by atoms with Crippen molar-refractivity contribution in [1.29, 1.82) is 0 Å². The van der Waals surface area contributed by atoms with Crippen molar-refractivity contribution in [3.05, 3.63) is 69.7 Å². The van der Waals surface area contributed by atoms with E-state index in [9.17, 15) is 5.11 Å². The maximum atomic E-state index is 10.7. The Bertz CT molecular complexity index is 764. The van der Waals surface area contributed by atoms with Crippen LogP contribution in [0.3, 0.4) is 0 Å². The van der Waals surface area contributed by atoms with Crippen LogP contribution in [0.5, 0.6) is 0 Å². The summed E-state index contributed by atoms with van der Waals surface area (Å²) in [5.41, 5.74) is 5.58. The van der Waals surface area contributed by atoms with Crippen LogP contribution in [0, 0.1) is 0 Å². The largest absolute Gasteiger partial charge is 0.390 e. The van der Waals surface area contributed by atoms with Gasteiger partial charge in [-0.1, -0.05) is 41.9 Å². The van der Waals surface area contributed by atoms with Crippen molar-refractivity contribution in [3.8, 4) is 0 Å². The zero-order chi connectivity index (χ0) is 17.9. The average molecular weight is 371 g/mol. The summed E-state index contributed by atoms with van der Waals surface area (Å²) in [6, 6.07) is 14.9. The van der Waals surface area contributed by atoms with Crippen LogP contribution in [-0.2, 0) is 25.9 Å². The van der Waals surface area contributed by atoms with Gasteiger partial charge in [0.2, 0.25) is 0 Å². The Kier molecular flexibility index (Phi) is 5.60. The average Bonchev–Trinajstić information content (AvgIpc) is 2.82.